The van der Waals surface area contributed by atoms with E-state index < -0.39 is 18.2 Å². The first-order chi connectivity index (χ1) is 7.97. The molecule has 2 atom stereocenters. The number of nitrogens with two attached hydrogens (primary N) is 1. The summed E-state index contributed by atoms with van der Waals surface area (Å²) in [5, 5.41) is 0. The Morgan fingerprint density at radius 1 is 1.59 bits per heavy atom. The van der Waals surface area contributed by atoms with Crippen molar-refractivity contribution in [2.24, 2.45) is 5.73 Å². The largest absolute Gasteiger partial charge is 0.464 e. The van der Waals surface area contributed by atoms with Gasteiger partial charge in [-0.05, 0) is 31.0 Å². The van der Waals surface area contributed by atoms with Crippen LogP contribution in [-0.4, -0.2) is 18.7 Å². The molecule has 0 amide bonds. The molecule has 0 spiro atoms. The maximum absolute atomic E-state index is 13.7. The van der Waals surface area contributed by atoms with Crippen LogP contribution in [0.5, 0.6) is 0 Å². The van der Waals surface area contributed by atoms with Gasteiger partial charge in [-0.15, -0.1) is 0 Å². The fraction of sp³-hybridized carbons (Fsp3) is 0.417. The van der Waals surface area contributed by atoms with Crippen molar-refractivity contribution in [3.8, 4) is 0 Å². The molecule has 0 saturated carbocycles. The zero-order valence-electron chi connectivity index (χ0n) is 9.74. The fourth-order valence-electron chi connectivity index (χ4n) is 1.43. The van der Waals surface area contributed by atoms with E-state index in [1.165, 1.54) is 0 Å². The summed E-state index contributed by atoms with van der Waals surface area (Å²) in [7, 11) is 0. The lowest BCUT2D eigenvalue weighted by molar-refractivity contribution is -0.149. The third kappa shape index (κ3) is 3.51. The lowest BCUT2D eigenvalue weighted by Gasteiger charge is -2.17. The van der Waals surface area contributed by atoms with Gasteiger partial charge in [0.2, 0.25) is 6.17 Å². The van der Waals surface area contributed by atoms with E-state index in [4.69, 9.17) is 5.73 Å². The summed E-state index contributed by atoms with van der Waals surface area (Å²) in [5.74, 6) is -0.924. The molecule has 5 heteroatoms. The summed E-state index contributed by atoms with van der Waals surface area (Å²) in [6.07, 6.45) is -1.85. The fourth-order valence-corrected chi connectivity index (χ4v) is 2.19. The van der Waals surface area contributed by atoms with E-state index in [2.05, 4.69) is 20.7 Å². The number of carbonyl (C=O) groups excluding carboxylic acids is 1. The van der Waals surface area contributed by atoms with Crippen molar-refractivity contribution in [1.29, 1.82) is 0 Å². The van der Waals surface area contributed by atoms with Gasteiger partial charge >= 0.3 is 5.97 Å². The van der Waals surface area contributed by atoms with Crippen LogP contribution in [0.25, 0.3) is 0 Å². The molecule has 1 unspecified atom stereocenters. The quantitative estimate of drug-likeness (QED) is 0.870. The first-order valence-electron chi connectivity index (χ1n) is 5.29. The molecule has 0 radical (unpaired) electrons. The predicted molar refractivity (Wildman–Crippen MR) is 67.3 cm³/mol. The second kappa shape index (κ2) is 6.12. The predicted octanol–water partition coefficient (Wildman–Crippen LogP) is 2.66. The topological polar surface area (TPSA) is 52.3 Å². The summed E-state index contributed by atoms with van der Waals surface area (Å²) in [5.41, 5.74) is 7.29. The molecule has 2 N–H and O–H groups in total. The minimum absolute atomic E-state index is 0.140. The average Bonchev–Trinajstić information content (AvgIpc) is 2.27. The molecule has 0 bridgehead atoms. The van der Waals surface area contributed by atoms with E-state index in [1.54, 1.807) is 13.0 Å². The Hall–Kier alpha value is -0.940. The molecule has 0 aliphatic carbocycles. The number of carbonyl (C=O) groups is 1. The lowest BCUT2D eigenvalue weighted by Crippen LogP contribution is -2.31. The van der Waals surface area contributed by atoms with Crippen molar-refractivity contribution in [3.05, 3.63) is 33.8 Å². The summed E-state index contributed by atoms with van der Waals surface area (Å²) in [6, 6.07) is 4.32. The van der Waals surface area contributed by atoms with Crippen LogP contribution >= 0.6 is 15.9 Å². The Kier molecular flexibility index (Phi) is 5.08. The Bertz CT molecular complexity index is 411. The minimum atomic E-state index is -1.85. The van der Waals surface area contributed by atoms with Gasteiger partial charge in [0.25, 0.3) is 0 Å². The molecule has 1 aromatic carbocycles. The van der Waals surface area contributed by atoms with E-state index in [-0.39, 0.29) is 6.61 Å². The average molecular weight is 304 g/mol. The summed E-state index contributed by atoms with van der Waals surface area (Å²) in [6.45, 7) is 3.68. The first-order valence-corrected chi connectivity index (χ1v) is 6.09. The van der Waals surface area contributed by atoms with Gasteiger partial charge in [0.15, 0.2) is 0 Å². The van der Waals surface area contributed by atoms with Crippen LogP contribution in [0.4, 0.5) is 4.39 Å². The Balaban J connectivity index is 2.88. The lowest BCUT2D eigenvalue weighted by atomic mass is 10.0. The Morgan fingerprint density at radius 3 is 2.76 bits per heavy atom. The first kappa shape index (κ1) is 14.1. The highest BCUT2D eigenvalue weighted by Crippen LogP contribution is 2.26. The Morgan fingerprint density at radius 2 is 2.24 bits per heavy atom. The molecule has 17 heavy (non-hydrogen) atoms. The van der Waals surface area contributed by atoms with Crippen LogP contribution in [0, 0.1) is 6.92 Å². The highest BCUT2D eigenvalue weighted by atomic mass is 79.9. The monoisotopic (exact) mass is 303 g/mol. The number of hydrogen-bond donors (Lipinski definition) is 1. The summed E-state index contributed by atoms with van der Waals surface area (Å²) < 4.78 is 19.0. The van der Waals surface area contributed by atoms with Crippen molar-refractivity contribution in [3.63, 3.8) is 0 Å². The van der Waals surface area contributed by atoms with Crippen LogP contribution in [0.2, 0.25) is 0 Å². The number of ether oxygens (including phenoxy) is 1. The molecule has 3 nitrogen and oxygen atoms in total. The number of aryl methyl sites for hydroxylation is 1. The van der Waals surface area contributed by atoms with Gasteiger partial charge in [0, 0.05) is 4.47 Å². The number of hydrogen-bond acceptors (Lipinski definition) is 3. The van der Waals surface area contributed by atoms with E-state index in [0.717, 1.165) is 5.56 Å². The van der Waals surface area contributed by atoms with Crippen LogP contribution in [0.3, 0.4) is 0 Å². The highest BCUT2D eigenvalue weighted by molar-refractivity contribution is 9.10. The van der Waals surface area contributed by atoms with Gasteiger partial charge < -0.3 is 10.5 Å². The molecule has 1 aromatic rings. The highest BCUT2D eigenvalue weighted by Gasteiger charge is 2.28. The van der Waals surface area contributed by atoms with Crippen molar-refractivity contribution in [2.45, 2.75) is 26.1 Å². The van der Waals surface area contributed by atoms with Crippen molar-refractivity contribution in [1.82, 2.24) is 0 Å². The van der Waals surface area contributed by atoms with E-state index >= 15 is 0 Å². The number of rotatable bonds is 4. The van der Waals surface area contributed by atoms with Gasteiger partial charge in [0.05, 0.1) is 12.6 Å². The van der Waals surface area contributed by atoms with Gasteiger partial charge in [-0.3, -0.25) is 0 Å². The normalized spacial score (nSPS) is 14.2. The molecule has 0 fully saturated rings. The van der Waals surface area contributed by atoms with E-state index in [9.17, 15) is 9.18 Å². The molecular formula is C12H15BrFNO2. The second-order valence-corrected chi connectivity index (χ2v) is 4.56. The third-order valence-corrected chi connectivity index (χ3v) is 3.03. The summed E-state index contributed by atoms with van der Waals surface area (Å²) in [4.78, 5) is 11.2. The summed E-state index contributed by atoms with van der Waals surface area (Å²) >= 11 is 3.31. The van der Waals surface area contributed by atoms with Crippen molar-refractivity contribution >= 4 is 21.9 Å². The van der Waals surface area contributed by atoms with Crippen molar-refractivity contribution < 1.29 is 13.9 Å². The van der Waals surface area contributed by atoms with Gasteiger partial charge in [-0.1, -0.05) is 28.1 Å². The number of alkyl halides is 1. The van der Waals surface area contributed by atoms with Crippen LogP contribution in [0.15, 0.2) is 22.7 Å². The molecule has 0 aromatic heterocycles. The molecular weight excluding hydrogens is 289 g/mol. The van der Waals surface area contributed by atoms with E-state index in [0.29, 0.717) is 10.0 Å². The van der Waals surface area contributed by atoms with E-state index in [1.807, 2.05) is 19.1 Å². The molecule has 94 valence electrons. The molecule has 0 heterocycles. The SMILES string of the molecule is CCOC(=O)C(F)[C@@H](N)c1ccc(C)cc1Br. The maximum atomic E-state index is 13.7. The molecule has 0 saturated heterocycles. The smallest absolute Gasteiger partial charge is 0.342 e. The second-order valence-electron chi connectivity index (χ2n) is 3.70. The number of esters is 1. The number of halogens is 2. The molecule has 0 aliphatic heterocycles. The van der Waals surface area contributed by atoms with Gasteiger partial charge in [-0.2, -0.15) is 0 Å². The third-order valence-electron chi connectivity index (χ3n) is 2.34. The standard InChI is InChI=1S/C12H15BrFNO2/c1-3-17-12(16)10(14)11(15)8-5-4-7(2)6-9(8)13/h4-6,10-11H,3,15H2,1-2H3/t10?,11-/m0/s1. The zero-order chi connectivity index (χ0) is 13.0. The molecule has 1 rings (SSSR count). The van der Waals surface area contributed by atoms with Crippen LogP contribution in [-0.2, 0) is 9.53 Å². The number of benzene rings is 1. The van der Waals surface area contributed by atoms with Crippen LogP contribution in [0.1, 0.15) is 24.1 Å². The minimum Gasteiger partial charge on any atom is -0.464 e. The Labute approximate surface area is 108 Å². The van der Waals surface area contributed by atoms with Crippen molar-refractivity contribution in [2.75, 3.05) is 6.61 Å². The maximum Gasteiger partial charge on any atom is 0.342 e. The van der Waals surface area contributed by atoms with Gasteiger partial charge in [-0.25, -0.2) is 9.18 Å². The van der Waals surface area contributed by atoms with Gasteiger partial charge in [0.1, 0.15) is 0 Å². The zero-order valence-corrected chi connectivity index (χ0v) is 11.3. The molecule has 0 aliphatic rings. The van der Waals surface area contributed by atoms with Crippen LogP contribution < -0.4 is 5.73 Å².